The summed E-state index contributed by atoms with van der Waals surface area (Å²) in [7, 11) is 0. The molecule has 2 aromatic carbocycles. The molecule has 3 nitrogen and oxygen atoms in total. The van der Waals surface area contributed by atoms with Crippen LogP contribution in [0.15, 0.2) is 59.5 Å². The van der Waals surface area contributed by atoms with Crippen molar-refractivity contribution in [1.29, 1.82) is 0 Å². The first kappa shape index (κ1) is 17.7. The van der Waals surface area contributed by atoms with Crippen LogP contribution in [-0.4, -0.2) is 21.7 Å². The van der Waals surface area contributed by atoms with Crippen molar-refractivity contribution >= 4 is 40.3 Å². The number of nitrogens with zero attached hydrogens (tertiary/aromatic N) is 1. The molecule has 0 bridgehead atoms. The van der Waals surface area contributed by atoms with Crippen molar-refractivity contribution in [2.45, 2.75) is 19.9 Å². The summed E-state index contributed by atoms with van der Waals surface area (Å²) in [5.41, 5.74) is 2.03. The molecule has 2 aromatic rings. The van der Waals surface area contributed by atoms with Gasteiger partial charge in [-0.25, -0.2) is 0 Å². The lowest BCUT2D eigenvalue weighted by Crippen LogP contribution is -2.27. The first-order valence-electron chi connectivity index (χ1n) is 8.19. The van der Waals surface area contributed by atoms with Crippen molar-refractivity contribution < 1.29 is 9.53 Å². The van der Waals surface area contributed by atoms with E-state index in [0.29, 0.717) is 22.4 Å². The van der Waals surface area contributed by atoms with Crippen LogP contribution in [0.25, 0.3) is 6.08 Å². The van der Waals surface area contributed by atoms with E-state index < -0.39 is 0 Å². The molecule has 1 aliphatic rings. The van der Waals surface area contributed by atoms with E-state index in [1.54, 1.807) is 4.90 Å². The number of amides is 1. The molecule has 25 heavy (non-hydrogen) atoms. The molecule has 1 heterocycles. The lowest BCUT2D eigenvalue weighted by atomic mass is 10.2. The summed E-state index contributed by atoms with van der Waals surface area (Å²) in [5, 5.41) is 0. The van der Waals surface area contributed by atoms with Gasteiger partial charge in [-0.05, 0) is 35.8 Å². The monoisotopic (exact) mass is 369 g/mol. The van der Waals surface area contributed by atoms with Gasteiger partial charge in [-0.1, -0.05) is 73.4 Å². The molecule has 0 unspecified atom stereocenters. The first-order chi connectivity index (χ1) is 12.2. The number of hydrogen-bond acceptors (Lipinski definition) is 4. The second kappa shape index (κ2) is 8.32. The third-order valence-electron chi connectivity index (χ3n) is 3.71. The fourth-order valence-electron chi connectivity index (χ4n) is 2.43. The fraction of sp³-hybridized carbons (Fsp3) is 0.200. The molecule has 1 aliphatic heterocycles. The molecule has 5 heteroatoms. The average Bonchev–Trinajstić information content (AvgIpc) is 2.89. The molecular weight excluding hydrogens is 350 g/mol. The number of thioether (sulfide) groups is 1. The Morgan fingerprint density at radius 2 is 1.84 bits per heavy atom. The molecule has 1 amide bonds. The number of benzene rings is 2. The molecule has 1 fully saturated rings. The summed E-state index contributed by atoms with van der Waals surface area (Å²) in [5.74, 6) is 0.806. The summed E-state index contributed by atoms with van der Waals surface area (Å²) in [4.78, 5) is 15.0. The third kappa shape index (κ3) is 4.50. The number of thiocarbonyl (C=S) groups is 1. The van der Waals surface area contributed by atoms with Crippen molar-refractivity contribution in [3.63, 3.8) is 0 Å². The fourth-order valence-corrected chi connectivity index (χ4v) is 3.69. The van der Waals surface area contributed by atoms with E-state index in [1.807, 2.05) is 60.7 Å². The van der Waals surface area contributed by atoms with E-state index in [4.69, 9.17) is 17.0 Å². The second-order valence-electron chi connectivity index (χ2n) is 5.67. The highest BCUT2D eigenvalue weighted by molar-refractivity contribution is 8.26. The number of carbonyl (C=O) groups is 1. The Labute approximate surface area is 157 Å². The molecule has 0 N–H and O–H groups in total. The summed E-state index contributed by atoms with van der Waals surface area (Å²) < 4.78 is 6.18. The van der Waals surface area contributed by atoms with Crippen LogP contribution in [-0.2, 0) is 11.3 Å². The summed E-state index contributed by atoms with van der Waals surface area (Å²) in [6.07, 6.45) is 2.86. The highest BCUT2D eigenvalue weighted by Crippen LogP contribution is 2.33. The van der Waals surface area contributed by atoms with Gasteiger partial charge in [0.25, 0.3) is 5.91 Å². The van der Waals surface area contributed by atoms with Crippen LogP contribution < -0.4 is 4.74 Å². The molecule has 0 atom stereocenters. The molecule has 0 aromatic heterocycles. The van der Waals surface area contributed by atoms with Gasteiger partial charge in [0.1, 0.15) is 10.1 Å². The zero-order valence-corrected chi connectivity index (χ0v) is 15.6. The predicted octanol–water partition coefficient (Wildman–Crippen LogP) is 4.88. The molecule has 1 saturated heterocycles. The predicted molar refractivity (Wildman–Crippen MR) is 107 cm³/mol. The lowest BCUT2D eigenvalue weighted by Gasteiger charge is -2.14. The van der Waals surface area contributed by atoms with Gasteiger partial charge >= 0.3 is 0 Å². The van der Waals surface area contributed by atoms with Gasteiger partial charge in [-0.3, -0.25) is 9.69 Å². The number of carbonyl (C=O) groups excluding carboxylic acids is 1. The molecule has 0 radical (unpaired) electrons. The summed E-state index contributed by atoms with van der Waals surface area (Å²) in [6, 6.07) is 17.6. The quantitative estimate of drug-likeness (QED) is 0.536. The summed E-state index contributed by atoms with van der Waals surface area (Å²) >= 11 is 6.74. The van der Waals surface area contributed by atoms with Gasteiger partial charge in [-0.15, -0.1) is 0 Å². The van der Waals surface area contributed by atoms with E-state index >= 15 is 0 Å². The number of ether oxygens (including phenoxy) is 1. The maximum Gasteiger partial charge on any atom is 0.266 e. The Balaban J connectivity index is 1.71. The van der Waals surface area contributed by atoms with Crippen LogP contribution in [0.4, 0.5) is 0 Å². The van der Waals surface area contributed by atoms with E-state index in [1.165, 1.54) is 11.8 Å². The van der Waals surface area contributed by atoms with Gasteiger partial charge in [0.15, 0.2) is 0 Å². The zero-order valence-electron chi connectivity index (χ0n) is 14.0. The number of rotatable bonds is 6. The van der Waals surface area contributed by atoms with Crippen molar-refractivity contribution in [1.82, 2.24) is 4.90 Å². The van der Waals surface area contributed by atoms with Crippen molar-refractivity contribution in [2.75, 3.05) is 6.61 Å². The SMILES string of the molecule is CCCOc1ccc(C=C2SC(=S)N(Cc3ccccc3)C2=O)cc1. The minimum Gasteiger partial charge on any atom is -0.494 e. The largest absolute Gasteiger partial charge is 0.494 e. The van der Waals surface area contributed by atoms with Gasteiger partial charge in [0.05, 0.1) is 18.1 Å². The Morgan fingerprint density at radius 3 is 2.52 bits per heavy atom. The van der Waals surface area contributed by atoms with Crippen LogP contribution >= 0.6 is 24.0 Å². The lowest BCUT2D eigenvalue weighted by molar-refractivity contribution is -0.122. The highest BCUT2D eigenvalue weighted by atomic mass is 32.2. The van der Waals surface area contributed by atoms with Gasteiger partial charge in [0.2, 0.25) is 0 Å². The Bertz CT molecular complexity index is 785. The van der Waals surface area contributed by atoms with Crippen molar-refractivity contribution in [2.24, 2.45) is 0 Å². The standard InChI is InChI=1S/C20H19NO2S2/c1-2-12-23-17-10-8-15(9-11-17)13-18-19(22)21(20(24)25-18)14-16-6-4-3-5-7-16/h3-11,13H,2,12,14H2,1H3. The first-order valence-corrected chi connectivity index (χ1v) is 9.42. The molecule has 0 saturated carbocycles. The average molecular weight is 370 g/mol. The normalized spacial score (nSPS) is 15.9. The Morgan fingerprint density at radius 1 is 1.12 bits per heavy atom. The van der Waals surface area contributed by atoms with Crippen LogP contribution in [0.5, 0.6) is 5.75 Å². The molecule has 3 rings (SSSR count). The van der Waals surface area contributed by atoms with Crippen LogP contribution in [0.3, 0.4) is 0 Å². The van der Waals surface area contributed by atoms with E-state index in [0.717, 1.165) is 23.3 Å². The third-order valence-corrected chi connectivity index (χ3v) is 5.09. The highest BCUT2D eigenvalue weighted by Gasteiger charge is 2.31. The molecule has 0 aliphatic carbocycles. The minimum absolute atomic E-state index is 0.0369. The van der Waals surface area contributed by atoms with Crippen LogP contribution in [0.2, 0.25) is 0 Å². The van der Waals surface area contributed by atoms with Gasteiger partial charge in [-0.2, -0.15) is 0 Å². The topological polar surface area (TPSA) is 29.5 Å². The zero-order chi connectivity index (χ0) is 17.6. The van der Waals surface area contributed by atoms with Crippen LogP contribution in [0, 0.1) is 0 Å². The summed E-state index contributed by atoms with van der Waals surface area (Å²) in [6.45, 7) is 3.29. The number of hydrogen-bond donors (Lipinski definition) is 0. The Hall–Kier alpha value is -2.11. The van der Waals surface area contributed by atoms with E-state index in [-0.39, 0.29) is 5.91 Å². The van der Waals surface area contributed by atoms with Crippen LogP contribution in [0.1, 0.15) is 24.5 Å². The molecule has 0 spiro atoms. The second-order valence-corrected chi connectivity index (χ2v) is 7.35. The van der Waals surface area contributed by atoms with Crippen molar-refractivity contribution in [3.8, 4) is 5.75 Å². The minimum atomic E-state index is -0.0369. The maximum absolute atomic E-state index is 12.7. The smallest absolute Gasteiger partial charge is 0.266 e. The van der Waals surface area contributed by atoms with Gasteiger partial charge in [0, 0.05) is 0 Å². The molecule has 128 valence electrons. The Kier molecular flexibility index (Phi) is 5.89. The van der Waals surface area contributed by atoms with E-state index in [2.05, 4.69) is 6.92 Å². The molecular formula is C20H19NO2S2. The van der Waals surface area contributed by atoms with E-state index in [9.17, 15) is 4.79 Å². The van der Waals surface area contributed by atoms with Gasteiger partial charge < -0.3 is 4.74 Å². The maximum atomic E-state index is 12.7. The van der Waals surface area contributed by atoms with Crippen molar-refractivity contribution in [3.05, 3.63) is 70.6 Å².